The number of amides is 1. The topological polar surface area (TPSA) is 66.0 Å². The van der Waals surface area contributed by atoms with Crippen LogP contribution < -0.4 is 16.2 Å². The first-order chi connectivity index (χ1) is 9.70. The van der Waals surface area contributed by atoms with E-state index in [0.717, 1.165) is 10.9 Å². The van der Waals surface area contributed by atoms with E-state index in [4.69, 9.17) is 12.2 Å². The minimum atomic E-state index is -0.349. The van der Waals surface area contributed by atoms with Crippen LogP contribution in [0.25, 0.3) is 10.9 Å². The Bertz CT molecular complexity index is 656. The molecule has 0 aliphatic heterocycles. The van der Waals surface area contributed by atoms with Crippen molar-refractivity contribution < 1.29 is 4.79 Å². The molecule has 0 fully saturated rings. The lowest BCUT2D eigenvalue weighted by Crippen LogP contribution is -2.46. The average Bonchev–Trinajstić information content (AvgIpc) is 2.50. The molecule has 20 heavy (non-hydrogen) atoms. The summed E-state index contributed by atoms with van der Waals surface area (Å²) in [5, 5.41) is 4.14. The number of fused-ring (bicyclic) bond motifs is 1. The van der Waals surface area contributed by atoms with E-state index in [1.54, 1.807) is 12.1 Å². The number of aromatic nitrogens is 1. The summed E-state index contributed by atoms with van der Waals surface area (Å²) in [4.78, 5) is 16.2. The number of rotatable bonds is 3. The van der Waals surface area contributed by atoms with Crippen LogP contribution in [-0.2, 0) is 0 Å². The number of para-hydroxylation sites is 1. The zero-order valence-corrected chi connectivity index (χ0v) is 11.5. The summed E-state index contributed by atoms with van der Waals surface area (Å²) in [6, 6.07) is 11.1. The summed E-state index contributed by atoms with van der Waals surface area (Å²) in [5.41, 5.74) is 6.17. The van der Waals surface area contributed by atoms with Crippen molar-refractivity contribution in [2.75, 3.05) is 6.54 Å². The summed E-state index contributed by atoms with van der Waals surface area (Å²) in [7, 11) is 0. The van der Waals surface area contributed by atoms with Crippen molar-refractivity contribution in [2.24, 2.45) is 0 Å². The zero-order valence-electron chi connectivity index (χ0n) is 10.7. The molecule has 3 N–H and O–H groups in total. The van der Waals surface area contributed by atoms with E-state index in [1.165, 1.54) is 0 Å². The van der Waals surface area contributed by atoms with Gasteiger partial charge in [0.1, 0.15) is 5.69 Å². The van der Waals surface area contributed by atoms with E-state index in [9.17, 15) is 4.79 Å². The smallest absolute Gasteiger partial charge is 0.288 e. The number of hydrogen-bond donors (Lipinski definition) is 3. The van der Waals surface area contributed by atoms with Gasteiger partial charge in [-0.1, -0.05) is 30.3 Å². The maximum absolute atomic E-state index is 11.9. The summed E-state index contributed by atoms with van der Waals surface area (Å²) in [5.74, 6) is -0.349. The van der Waals surface area contributed by atoms with Crippen LogP contribution in [0.15, 0.2) is 49.1 Å². The molecule has 2 rings (SSSR count). The van der Waals surface area contributed by atoms with Crippen LogP contribution in [-0.4, -0.2) is 22.5 Å². The van der Waals surface area contributed by atoms with Crippen LogP contribution in [0.2, 0.25) is 0 Å². The Morgan fingerprint density at radius 1 is 1.25 bits per heavy atom. The highest BCUT2D eigenvalue weighted by molar-refractivity contribution is 7.80. The molecule has 0 saturated carbocycles. The predicted octanol–water partition coefficient (Wildman–Crippen LogP) is 1.53. The van der Waals surface area contributed by atoms with E-state index in [0.29, 0.717) is 17.4 Å². The Labute approximate surface area is 122 Å². The number of pyridine rings is 1. The molecule has 0 bridgehead atoms. The monoisotopic (exact) mass is 286 g/mol. The average molecular weight is 286 g/mol. The fraction of sp³-hybridized carbons (Fsp3) is 0.0714. The Kier molecular flexibility index (Phi) is 4.62. The summed E-state index contributed by atoms with van der Waals surface area (Å²) >= 11 is 4.96. The fourth-order valence-electron chi connectivity index (χ4n) is 1.58. The van der Waals surface area contributed by atoms with Gasteiger partial charge in [0, 0.05) is 11.9 Å². The van der Waals surface area contributed by atoms with Gasteiger partial charge in [0.15, 0.2) is 5.11 Å². The van der Waals surface area contributed by atoms with Gasteiger partial charge in [0.05, 0.1) is 5.52 Å². The molecule has 1 aromatic carbocycles. The van der Waals surface area contributed by atoms with Crippen molar-refractivity contribution in [3.05, 3.63) is 54.7 Å². The third-order valence-electron chi connectivity index (χ3n) is 2.53. The normalized spacial score (nSPS) is 9.80. The summed E-state index contributed by atoms with van der Waals surface area (Å²) < 4.78 is 0. The van der Waals surface area contributed by atoms with Gasteiger partial charge in [0.25, 0.3) is 5.91 Å². The molecule has 102 valence electrons. The molecule has 0 aliphatic carbocycles. The predicted molar refractivity (Wildman–Crippen MR) is 83.1 cm³/mol. The lowest BCUT2D eigenvalue weighted by atomic mass is 10.2. The third kappa shape index (κ3) is 3.52. The standard InChI is InChI=1S/C14H14N4OS/c1-2-9-15-14(20)18-17-13(19)12-8-7-10-5-3-4-6-11(10)16-12/h2-8H,1,9H2,(H,17,19)(H2,15,18,20). The number of carbonyl (C=O) groups is 1. The Hall–Kier alpha value is -2.47. The lowest BCUT2D eigenvalue weighted by molar-refractivity contribution is 0.0939. The quantitative estimate of drug-likeness (QED) is 0.454. The van der Waals surface area contributed by atoms with Gasteiger partial charge >= 0.3 is 0 Å². The Morgan fingerprint density at radius 2 is 2.05 bits per heavy atom. The number of carbonyl (C=O) groups excluding carboxylic acids is 1. The van der Waals surface area contributed by atoms with Crippen LogP contribution in [0, 0.1) is 0 Å². The van der Waals surface area contributed by atoms with Crippen molar-refractivity contribution in [2.45, 2.75) is 0 Å². The van der Waals surface area contributed by atoms with Gasteiger partial charge in [-0.05, 0) is 24.4 Å². The first-order valence-electron chi connectivity index (χ1n) is 6.01. The van der Waals surface area contributed by atoms with Gasteiger partial charge in [-0.2, -0.15) is 0 Å². The molecule has 5 nitrogen and oxygen atoms in total. The van der Waals surface area contributed by atoms with Crippen LogP contribution in [0.3, 0.4) is 0 Å². The van der Waals surface area contributed by atoms with E-state index in [2.05, 4.69) is 27.7 Å². The van der Waals surface area contributed by atoms with E-state index in [-0.39, 0.29) is 5.91 Å². The van der Waals surface area contributed by atoms with Gasteiger partial charge < -0.3 is 5.32 Å². The second-order valence-corrected chi connectivity index (χ2v) is 4.38. The second kappa shape index (κ2) is 6.63. The molecule has 0 atom stereocenters. The number of nitrogens with zero attached hydrogens (tertiary/aromatic N) is 1. The zero-order chi connectivity index (χ0) is 14.4. The number of nitrogens with one attached hydrogen (secondary N) is 3. The fourth-order valence-corrected chi connectivity index (χ4v) is 1.71. The summed E-state index contributed by atoms with van der Waals surface area (Å²) in [6.45, 7) is 4.08. The molecule has 1 aromatic heterocycles. The SMILES string of the molecule is C=CCNC(=S)NNC(=O)c1ccc2ccccc2n1. The third-order valence-corrected chi connectivity index (χ3v) is 2.77. The Morgan fingerprint density at radius 3 is 2.85 bits per heavy atom. The number of thiocarbonyl (C=S) groups is 1. The molecule has 2 aromatic rings. The van der Waals surface area contributed by atoms with Crippen molar-refractivity contribution in [3.8, 4) is 0 Å². The molecule has 0 radical (unpaired) electrons. The largest absolute Gasteiger partial charge is 0.358 e. The van der Waals surface area contributed by atoms with Gasteiger partial charge in [-0.3, -0.25) is 15.6 Å². The van der Waals surface area contributed by atoms with Crippen LogP contribution in [0.5, 0.6) is 0 Å². The first-order valence-corrected chi connectivity index (χ1v) is 6.42. The molecular formula is C14H14N4OS. The van der Waals surface area contributed by atoms with Gasteiger partial charge in [-0.15, -0.1) is 6.58 Å². The molecule has 1 amide bonds. The van der Waals surface area contributed by atoms with Crippen molar-refractivity contribution in [1.29, 1.82) is 0 Å². The summed E-state index contributed by atoms with van der Waals surface area (Å²) in [6.07, 6.45) is 1.67. The highest BCUT2D eigenvalue weighted by Gasteiger charge is 2.07. The maximum Gasteiger partial charge on any atom is 0.288 e. The Balaban J connectivity index is 2.00. The molecule has 1 heterocycles. The second-order valence-electron chi connectivity index (χ2n) is 3.97. The molecule has 0 spiro atoms. The maximum atomic E-state index is 11.9. The highest BCUT2D eigenvalue weighted by Crippen LogP contribution is 2.11. The molecule has 6 heteroatoms. The van der Waals surface area contributed by atoms with E-state index < -0.39 is 0 Å². The van der Waals surface area contributed by atoms with Crippen LogP contribution in [0.4, 0.5) is 0 Å². The van der Waals surface area contributed by atoms with Gasteiger partial charge in [-0.25, -0.2) is 4.98 Å². The number of benzene rings is 1. The molecule has 0 saturated heterocycles. The van der Waals surface area contributed by atoms with Gasteiger partial charge in [0.2, 0.25) is 0 Å². The number of hydrogen-bond acceptors (Lipinski definition) is 3. The molecular weight excluding hydrogens is 272 g/mol. The minimum Gasteiger partial charge on any atom is -0.358 e. The highest BCUT2D eigenvalue weighted by atomic mass is 32.1. The van der Waals surface area contributed by atoms with Crippen molar-refractivity contribution in [3.63, 3.8) is 0 Å². The molecule has 0 aliphatic rings. The first kappa shape index (κ1) is 14.0. The van der Waals surface area contributed by atoms with E-state index >= 15 is 0 Å². The van der Waals surface area contributed by atoms with Crippen LogP contribution >= 0.6 is 12.2 Å². The minimum absolute atomic E-state index is 0.319. The van der Waals surface area contributed by atoms with Crippen molar-refractivity contribution in [1.82, 2.24) is 21.2 Å². The van der Waals surface area contributed by atoms with E-state index in [1.807, 2.05) is 30.3 Å². The molecule has 0 unspecified atom stereocenters. The van der Waals surface area contributed by atoms with Crippen LogP contribution in [0.1, 0.15) is 10.5 Å². The lowest BCUT2D eigenvalue weighted by Gasteiger charge is -2.10. The number of hydrazine groups is 1. The van der Waals surface area contributed by atoms with Crippen molar-refractivity contribution >= 4 is 34.1 Å².